The molecule has 4 rings (SSSR count). The zero-order chi connectivity index (χ0) is 23.4. The SMILES string of the molecule is O=C1NCCCC1NC(=O)C1CN(C(=O)c2cccc(F)c2)CCN1C(=O)C1CCNCC1. The van der Waals surface area contributed by atoms with Crippen LogP contribution in [0.5, 0.6) is 0 Å². The Morgan fingerprint density at radius 2 is 1.85 bits per heavy atom. The highest BCUT2D eigenvalue weighted by Gasteiger charge is 2.40. The molecule has 33 heavy (non-hydrogen) atoms. The van der Waals surface area contributed by atoms with Crippen molar-refractivity contribution in [2.45, 2.75) is 37.8 Å². The summed E-state index contributed by atoms with van der Waals surface area (Å²) in [6.07, 6.45) is 2.67. The first-order valence-electron chi connectivity index (χ1n) is 11.6. The molecule has 0 bridgehead atoms. The number of piperazine rings is 1. The Balaban J connectivity index is 1.52. The van der Waals surface area contributed by atoms with E-state index in [2.05, 4.69) is 16.0 Å². The highest BCUT2D eigenvalue weighted by Crippen LogP contribution is 2.21. The van der Waals surface area contributed by atoms with Crippen LogP contribution in [0.2, 0.25) is 0 Å². The average Bonchev–Trinajstić information content (AvgIpc) is 2.84. The molecule has 0 radical (unpaired) electrons. The molecule has 178 valence electrons. The quantitative estimate of drug-likeness (QED) is 0.581. The van der Waals surface area contributed by atoms with Gasteiger partial charge in [-0.2, -0.15) is 0 Å². The number of carbonyl (C=O) groups excluding carboxylic acids is 4. The van der Waals surface area contributed by atoms with Gasteiger partial charge in [0.1, 0.15) is 17.9 Å². The third-order valence-electron chi connectivity index (χ3n) is 6.62. The van der Waals surface area contributed by atoms with E-state index in [1.165, 1.54) is 23.1 Å². The summed E-state index contributed by atoms with van der Waals surface area (Å²) < 4.78 is 13.6. The van der Waals surface area contributed by atoms with Crippen molar-refractivity contribution in [1.29, 1.82) is 0 Å². The van der Waals surface area contributed by atoms with Crippen molar-refractivity contribution >= 4 is 23.6 Å². The molecular formula is C23H30FN5O4. The average molecular weight is 460 g/mol. The van der Waals surface area contributed by atoms with E-state index in [0.717, 1.165) is 25.6 Å². The fourth-order valence-electron chi connectivity index (χ4n) is 4.74. The van der Waals surface area contributed by atoms with Crippen molar-refractivity contribution in [2.24, 2.45) is 5.92 Å². The molecule has 3 aliphatic rings. The molecule has 3 aliphatic heterocycles. The van der Waals surface area contributed by atoms with Gasteiger partial charge in [0.05, 0.1) is 6.54 Å². The third kappa shape index (κ3) is 5.32. The highest BCUT2D eigenvalue weighted by molar-refractivity contribution is 5.96. The first kappa shape index (κ1) is 23.2. The molecular weight excluding hydrogens is 429 g/mol. The maximum absolute atomic E-state index is 13.6. The Bertz CT molecular complexity index is 920. The zero-order valence-corrected chi connectivity index (χ0v) is 18.5. The van der Waals surface area contributed by atoms with E-state index in [-0.39, 0.29) is 42.9 Å². The Hall–Kier alpha value is -3.01. The molecule has 2 atom stereocenters. The molecule has 0 saturated carbocycles. The Morgan fingerprint density at radius 3 is 2.58 bits per heavy atom. The monoisotopic (exact) mass is 459 g/mol. The summed E-state index contributed by atoms with van der Waals surface area (Å²) in [6.45, 7) is 2.51. The lowest BCUT2D eigenvalue weighted by molar-refractivity contribution is -0.147. The lowest BCUT2D eigenvalue weighted by Gasteiger charge is -2.42. The number of rotatable bonds is 4. The molecule has 3 fully saturated rings. The van der Waals surface area contributed by atoms with E-state index in [1.54, 1.807) is 4.90 Å². The predicted molar refractivity (Wildman–Crippen MR) is 118 cm³/mol. The molecule has 10 heteroatoms. The molecule has 3 saturated heterocycles. The maximum atomic E-state index is 13.6. The number of nitrogens with zero attached hydrogens (tertiary/aromatic N) is 2. The van der Waals surface area contributed by atoms with Crippen molar-refractivity contribution in [3.05, 3.63) is 35.6 Å². The number of hydrogen-bond acceptors (Lipinski definition) is 5. The van der Waals surface area contributed by atoms with Gasteiger partial charge in [-0.15, -0.1) is 0 Å². The van der Waals surface area contributed by atoms with Crippen LogP contribution in [0.15, 0.2) is 24.3 Å². The van der Waals surface area contributed by atoms with Crippen LogP contribution in [0.1, 0.15) is 36.0 Å². The predicted octanol–water partition coefficient (Wildman–Crippen LogP) is -0.127. The molecule has 0 aliphatic carbocycles. The number of amides is 4. The van der Waals surface area contributed by atoms with Crippen LogP contribution in [0.4, 0.5) is 4.39 Å². The minimum atomic E-state index is -0.909. The van der Waals surface area contributed by atoms with Gasteiger partial charge in [0.15, 0.2) is 0 Å². The minimum Gasteiger partial charge on any atom is -0.354 e. The summed E-state index contributed by atoms with van der Waals surface area (Å²) in [4.78, 5) is 54.8. The van der Waals surface area contributed by atoms with Gasteiger partial charge >= 0.3 is 0 Å². The number of hydrogen-bond donors (Lipinski definition) is 3. The van der Waals surface area contributed by atoms with Gasteiger partial charge in [0, 0.05) is 31.1 Å². The van der Waals surface area contributed by atoms with Crippen LogP contribution in [0, 0.1) is 11.7 Å². The van der Waals surface area contributed by atoms with Gasteiger partial charge < -0.3 is 25.8 Å². The van der Waals surface area contributed by atoms with Gasteiger partial charge in [0.2, 0.25) is 17.7 Å². The number of piperidine rings is 2. The van der Waals surface area contributed by atoms with Crippen molar-refractivity contribution < 1.29 is 23.6 Å². The van der Waals surface area contributed by atoms with E-state index in [0.29, 0.717) is 25.8 Å². The van der Waals surface area contributed by atoms with Gasteiger partial charge in [0.25, 0.3) is 5.91 Å². The largest absolute Gasteiger partial charge is 0.354 e. The van der Waals surface area contributed by atoms with E-state index >= 15 is 0 Å². The summed E-state index contributed by atoms with van der Waals surface area (Å²) in [6, 6.07) is 3.85. The van der Waals surface area contributed by atoms with Crippen LogP contribution in [-0.4, -0.2) is 84.8 Å². The number of benzene rings is 1. The second kappa shape index (κ2) is 10.3. The van der Waals surface area contributed by atoms with Crippen LogP contribution in [0.25, 0.3) is 0 Å². The number of carbonyl (C=O) groups is 4. The molecule has 1 aromatic carbocycles. The van der Waals surface area contributed by atoms with E-state index in [9.17, 15) is 23.6 Å². The van der Waals surface area contributed by atoms with Crippen LogP contribution in [0.3, 0.4) is 0 Å². The highest BCUT2D eigenvalue weighted by atomic mass is 19.1. The summed E-state index contributed by atoms with van der Waals surface area (Å²) in [5, 5.41) is 8.75. The molecule has 0 spiro atoms. The van der Waals surface area contributed by atoms with Gasteiger partial charge in [-0.1, -0.05) is 6.07 Å². The smallest absolute Gasteiger partial charge is 0.254 e. The van der Waals surface area contributed by atoms with E-state index < -0.39 is 29.7 Å². The molecule has 4 amide bonds. The number of halogens is 1. The van der Waals surface area contributed by atoms with Crippen LogP contribution < -0.4 is 16.0 Å². The fraction of sp³-hybridized carbons (Fsp3) is 0.565. The van der Waals surface area contributed by atoms with Crippen molar-refractivity contribution in [1.82, 2.24) is 25.8 Å². The normalized spacial score (nSPS) is 24.2. The Kier molecular flexibility index (Phi) is 7.22. The van der Waals surface area contributed by atoms with Crippen LogP contribution >= 0.6 is 0 Å². The Labute approximate surface area is 192 Å². The molecule has 9 nitrogen and oxygen atoms in total. The second-order valence-corrected chi connectivity index (χ2v) is 8.83. The topological polar surface area (TPSA) is 111 Å². The molecule has 2 unspecified atom stereocenters. The van der Waals surface area contributed by atoms with E-state index in [4.69, 9.17) is 0 Å². The van der Waals surface area contributed by atoms with Gasteiger partial charge in [-0.05, 0) is 57.0 Å². The van der Waals surface area contributed by atoms with Crippen molar-refractivity contribution in [3.63, 3.8) is 0 Å². The van der Waals surface area contributed by atoms with Gasteiger partial charge in [-0.3, -0.25) is 19.2 Å². The van der Waals surface area contributed by atoms with Crippen LogP contribution in [-0.2, 0) is 14.4 Å². The Morgan fingerprint density at radius 1 is 1.06 bits per heavy atom. The third-order valence-corrected chi connectivity index (χ3v) is 6.62. The fourth-order valence-corrected chi connectivity index (χ4v) is 4.74. The zero-order valence-electron chi connectivity index (χ0n) is 18.5. The summed E-state index contributed by atoms with van der Waals surface area (Å²) >= 11 is 0. The number of nitrogens with one attached hydrogen (secondary N) is 3. The first-order chi connectivity index (χ1) is 15.9. The maximum Gasteiger partial charge on any atom is 0.254 e. The molecule has 1 aromatic rings. The summed E-state index contributed by atoms with van der Waals surface area (Å²) in [7, 11) is 0. The lowest BCUT2D eigenvalue weighted by Crippen LogP contribution is -2.64. The van der Waals surface area contributed by atoms with E-state index in [1.807, 2.05) is 0 Å². The molecule has 3 heterocycles. The molecule has 0 aromatic heterocycles. The first-order valence-corrected chi connectivity index (χ1v) is 11.6. The van der Waals surface area contributed by atoms with Gasteiger partial charge in [-0.25, -0.2) is 4.39 Å². The molecule has 3 N–H and O–H groups in total. The second-order valence-electron chi connectivity index (χ2n) is 8.83. The van der Waals surface area contributed by atoms with Crippen molar-refractivity contribution in [3.8, 4) is 0 Å². The summed E-state index contributed by atoms with van der Waals surface area (Å²) in [5.41, 5.74) is 0.193. The summed E-state index contributed by atoms with van der Waals surface area (Å²) in [5.74, 6) is -1.87. The minimum absolute atomic E-state index is 0.00771. The lowest BCUT2D eigenvalue weighted by atomic mass is 9.95. The standard InChI is InChI=1S/C23H30FN5O4/c24-17-4-1-3-16(13-17)22(32)28-11-12-29(23(33)15-6-9-25-10-7-15)19(14-28)21(31)27-18-5-2-8-26-20(18)30/h1,3-4,13,15,18-19,25H,2,5-12,14H2,(H,26,30)(H,27,31). The van der Waals surface area contributed by atoms with Crippen molar-refractivity contribution in [2.75, 3.05) is 39.3 Å².